The molecule has 0 spiro atoms. The molecule has 1 aromatic rings. The Morgan fingerprint density at radius 1 is 1.33 bits per heavy atom. The average Bonchev–Trinajstić information content (AvgIpc) is 2.23. The minimum atomic E-state index is -3.73. The molecule has 0 fully saturated rings. The fraction of sp³-hybridized carbons (Fsp3) is 0.600. The predicted molar refractivity (Wildman–Crippen MR) is 65.5 cm³/mol. The third-order valence-electron chi connectivity index (χ3n) is 2.32. The Morgan fingerprint density at radius 3 is 2.44 bits per heavy atom. The summed E-state index contributed by atoms with van der Waals surface area (Å²) >= 11 is 0. The smallest absolute Gasteiger partial charge is 0.362 e. The molecular weight excluding hydrogens is 260 g/mol. The number of sulfone groups is 1. The zero-order valence-corrected chi connectivity index (χ0v) is 11.3. The van der Waals surface area contributed by atoms with E-state index in [1.165, 1.54) is 6.92 Å². The summed E-state index contributed by atoms with van der Waals surface area (Å²) in [4.78, 5) is 30.1. The Hall–Kier alpha value is -1.57. The highest BCUT2D eigenvalue weighted by Gasteiger charge is 2.21. The van der Waals surface area contributed by atoms with Crippen molar-refractivity contribution in [3.63, 3.8) is 0 Å². The molecule has 102 valence electrons. The molecule has 0 unspecified atom stereocenters. The fourth-order valence-corrected chi connectivity index (χ4v) is 2.52. The summed E-state index contributed by atoms with van der Waals surface area (Å²) in [5.41, 5.74) is -1.67. The summed E-state index contributed by atoms with van der Waals surface area (Å²) in [6.07, 6.45) is 2.44. The molecule has 0 aliphatic carbocycles. The summed E-state index contributed by atoms with van der Waals surface area (Å²) < 4.78 is 23.9. The van der Waals surface area contributed by atoms with Gasteiger partial charge >= 0.3 is 5.69 Å². The van der Waals surface area contributed by atoms with Gasteiger partial charge in [-0.25, -0.2) is 13.2 Å². The molecule has 8 heteroatoms. The molecule has 0 bridgehead atoms. The molecule has 0 atom stereocenters. The number of nitrogens with one attached hydrogen (secondary N) is 1. The number of nitrogens with zero attached hydrogens (tertiary/aromatic N) is 1. The Balaban J connectivity index is 3.45. The van der Waals surface area contributed by atoms with Crippen molar-refractivity contribution in [1.29, 1.82) is 0 Å². The quantitative estimate of drug-likeness (QED) is 0.576. The number of H-pyrrole nitrogens is 1. The lowest BCUT2D eigenvalue weighted by molar-refractivity contribution is 0.0755. The lowest BCUT2D eigenvalue weighted by atomic mass is 10.4. The van der Waals surface area contributed by atoms with Crippen molar-refractivity contribution in [2.24, 2.45) is 0 Å². The van der Waals surface area contributed by atoms with Gasteiger partial charge in [0.15, 0.2) is 14.9 Å². The number of hydrogen-bond acceptors (Lipinski definition) is 5. The summed E-state index contributed by atoms with van der Waals surface area (Å²) in [7, 11) is -3.73. The van der Waals surface area contributed by atoms with Crippen LogP contribution in [0.1, 0.15) is 25.3 Å². The van der Waals surface area contributed by atoms with Gasteiger partial charge in [0.2, 0.25) is 0 Å². The molecule has 0 saturated heterocycles. The highest BCUT2D eigenvalue weighted by atomic mass is 32.2. The SMILES string of the molecule is CCCCOn1c(S(C)(=O)=O)c(C)c(=O)[nH]c1=O. The van der Waals surface area contributed by atoms with Crippen molar-refractivity contribution < 1.29 is 13.3 Å². The first kappa shape index (κ1) is 14.5. The van der Waals surface area contributed by atoms with E-state index < -0.39 is 26.1 Å². The summed E-state index contributed by atoms with van der Waals surface area (Å²) in [6, 6.07) is 0. The maximum atomic E-state index is 11.6. The first-order chi connectivity index (χ1) is 8.29. The van der Waals surface area contributed by atoms with Crippen molar-refractivity contribution in [3.05, 3.63) is 26.4 Å². The van der Waals surface area contributed by atoms with E-state index in [0.717, 1.165) is 12.7 Å². The van der Waals surface area contributed by atoms with E-state index in [2.05, 4.69) is 0 Å². The van der Waals surface area contributed by atoms with E-state index in [1.54, 1.807) is 0 Å². The second-order valence-electron chi connectivity index (χ2n) is 3.94. The van der Waals surface area contributed by atoms with Gasteiger partial charge in [0.05, 0.1) is 5.56 Å². The monoisotopic (exact) mass is 276 g/mol. The maximum absolute atomic E-state index is 11.6. The van der Waals surface area contributed by atoms with E-state index in [4.69, 9.17) is 4.84 Å². The molecule has 0 saturated carbocycles. The molecule has 1 N–H and O–H groups in total. The lowest BCUT2D eigenvalue weighted by Gasteiger charge is -2.13. The second-order valence-corrected chi connectivity index (χ2v) is 5.87. The van der Waals surface area contributed by atoms with Crippen LogP contribution in [0.15, 0.2) is 14.6 Å². The van der Waals surface area contributed by atoms with E-state index in [9.17, 15) is 18.0 Å². The highest BCUT2D eigenvalue weighted by Crippen LogP contribution is 2.07. The molecule has 0 aliphatic rings. The third-order valence-corrected chi connectivity index (χ3v) is 3.49. The van der Waals surface area contributed by atoms with Crippen LogP contribution in [-0.2, 0) is 9.84 Å². The fourth-order valence-electron chi connectivity index (χ4n) is 1.43. The largest absolute Gasteiger partial charge is 0.408 e. The predicted octanol–water partition coefficient (Wildman–Crippen LogP) is -0.523. The van der Waals surface area contributed by atoms with Gasteiger partial charge in [-0.05, 0) is 13.3 Å². The van der Waals surface area contributed by atoms with Gasteiger partial charge in [-0.1, -0.05) is 13.3 Å². The first-order valence-corrected chi connectivity index (χ1v) is 7.37. The topological polar surface area (TPSA) is 98.2 Å². The molecule has 1 heterocycles. The van der Waals surface area contributed by atoms with Crippen LogP contribution in [0.25, 0.3) is 0 Å². The zero-order chi connectivity index (χ0) is 13.9. The van der Waals surface area contributed by atoms with Crippen LogP contribution in [0.2, 0.25) is 0 Å². The van der Waals surface area contributed by atoms with Crippen LogP contribution in [0.3, 0.4) is 0 Å². The second kappa shape index (κ2) is 5.38. The summed E-state index contributed by atoms with van der Waals surface area (Å²) in [6.45, 7) is 3.46. The lowest BCUT2D eigenvalue weighted by Crippen LogP contribution is -2.39. The van der Waals surface area contributed by atoms with Crippen LogP contribution in [-0.4, -0.2) is 31.0 Å². The van der Waals surface area contributed by atoms with Crippen LogP contribution < -0.4 is 16.1 Å². The highest BCUT2D eigenvalue weighted by molar-refractivity contribution is 7.90. The molecule has 0 aromatic carbocycles. The van der Waals surface area contributed by atoms with Gasteiger partial charge in [0.1, 0.15) is 6.61 Å². The molecule has 7 nitrogen and oxygen atoms in total. The van der Waals surface area contributed by atoms with Crippen molar-refractivity contribution >= 4 is 9.84 Å². The molecule has 0 radical (unpaired) electrons. The molecule has 0 aliphatic heterocycles. The normalized spacial score (nSPS) is 11.5. The number of hydrogen-bond donors (Lipinski definition) is 1. The molecule has 1 rings (SSSR count). The maximum Gasteiger partial charge on any atom is 0.362 e. The molecule has 0 amide bonds. The van der Waals surface area contributed by atoms with Crippen LogP contribution >= 0.6 is 0 Å². The summed E-state index contributed by atoms with van der Waals surface area (Å²) in [5, 5.41) is -0.396. The first-order valence-electron chi connectivity index (χ1n) is 5.48. The number of rotatable bonds is 5. The van der Waals surface area contributed by atoms with Crippen LogP contribution in [0.4, 0.5) is 0 Å². The molecule has 18 heavy (non-hydrogen) atoms. The zero-order valence-electron chi connectivity index (χ0n) is 10.5. The van der Waals surface area contributed by atoms with E-state index in [1.807, 2.05) is 11.9 Å². The average molecular weight is 276 g/mol. The van der Waals surface area contributed by atoms with Crippen LogP contribution in [0.5, 0.6) is 0 Å². The van der Waals surface area contributed by atoms with Gasteiger partial charge in [0.25, 0.3) is 5.56 Å². The summed E-state index contributed by atoms with van der Waals surface area (Å²) in [5.74, 6) is 0. The van der Waals surface area contributed by atoms with Crippen LogP contribution in [0, 0.1) is 6.92 Å². The molecular formula is C10H16N2O5S. The molecule has 1 aromatic heterocycles. The Kier molecular flexibility index (Phi) is 4.33. The Morgan fingerprint density at radius 2 is 1.94 bits per heavy atom. The van der Waals surface area contributed by atoms with Gasteiger partial charge < -0.3 is 4.84 Å². The Labute approximate surface area is 104 Å². The van der Waals surface area contributed by atoms with Crippen molar-refractivity contribution in [1.82, 2.24) is 9.71 Å². The van der Waals surface area contributed by atoms with Gasteiger partial charge in [-0.3, -0.25) is 9.78 Å². The van der Waals surface area contributed by atoms with E-state index >= 15 is 0 Å². The van der Waals surface area contributed by atoms with E-state index in [-0.39, 0.29) is 12.2 Å². The Bertz CT molecular complexity index is 641. The van der Waals surface area contributed by atoms with Crippen molar-refractivity contribution in [3.8, 4) is 0 Å². The number of aromatic amines is 1. The van der Waals surface area contributed by atoms with Gasteiger partial charge in [-0.15, -0.1) is 4.73 Å². The van der Waals surface area contributed by atoms with E-state index in [0.29, 0.717) is 11.2 Å². The van der Waals surface area contributed by atoms with Crippen molar-refractivity contribution in [2.75, 3.05) is 12.9 Å². The minimum Gasteiger partial charge on any atom is -0.408 e. The number of unbranched alkanes of at least 4 members (excludes halogenated alkanes) is 1. The number of aromatic nitrogens is 2. The minimum absolute atomic E-state index is 0.0615. The third kappa shape index (κ3) is 3.00. The van der Waals surface area contributed by atoms with Gasteiger partial charge in [-0.2, -0.15) is 0 Å². The van der Waals surface area contributed by atoms with Gasteiger partial charge in [0, 0.05) is 6.26 Å². The van der Waals surface area contributed by atoms with Crippen molar-refractivity contribution in [2.45, 2.75) is 31.7 Å². The standard InChI is InChI=1S/C10H16N2O5S/c1-4-5-6-17-12-9(18(3,15)16)7(2)8(13)11-10(12)14/h4-6H2,1-3H3,(H,11,13,14).